The third kappa shape index (κ3) is 0.948. The zero-order valence-corrected chi connectivity index (χ0v) is 7.17. The third-order valence-corrected chi connectivity index (χ3v) is 3.32. The molecule has 0 fully saturated rings. The Bertz CT molecular complexity index is 401. The highest BCUT2D eigenvalue weighted by molar-refractivity contribution is 7.21. The van der Waals surface area contributed by atoms with Gasteiger partial charge in [-0.2, -0.15) is 11.3 Å². The van der Waals surface area contributed by atoms with Crippen LogP contribution in [0.5, 0.6) is 0 Å². The number of rotatable bonds is 1. The number of nitrogens with two attached hydrogens (primary N) is 1. The van der Waals surface area contributed by atoms with Gasteiger partial charge in [0.15, 0.2) is 0 Å². The fourth-order valence-corrected chi connectivity index (χ4v) is 2.91. The van der Waals surface area contributed by atoms with Gasteiger partial charge in [0.25, 0.3) is 0 Å². The predicted molar refractivity (Wildman–Crippen MR) is 48.2 cm³/mol. The van der Waals surface area contributed by atoms with E-state index >= 15 is 0 Å². The fourth-order valence-electron chi connectivity index (χ4n) is 0.950. The van der Waals surface area contributed by atoms with Crippen molar-refractivity contribution in [1.82, 2.24) is 0 Å². The van der Waals surface area contributed by atoms with Crippen LogP contribution >= 0.6 is 22.7 Å². The number of carbonyl (C=O) groups is 1. The first kappa shape index (κ1) is 6.82. The van der Waals surface area contributed by atoms with E-state index in [1.165, 1.54) is 0 Å². The molecule has 0 aliphatic heterocycles. The standard InChI is InChI=1S/C7H5NOS2/c8-7(9)5-2-11-6-3-10-1-4(5)6/h1-3H,(H2,8,9). The zero-order valence-electron chi connectivity index (χ0n) is 5.53. The van der Waals surface area contributed by atoms with E-state index in [4.69, 9.17) is 5.73 Å². The SMILES string of the molecule is NC(=O)c1csc2cscc12. The van der Waals surface area contributed by atoms with E-state index in [0.717, 1.165) is 10.1 Å². The molecule has 0 radical (unpaired) electrons. The zero-order chi connectivity index (χ0) is 7.84. The van der Waals surface area contributed by atoms with Crippen molar-refractivity contribution < 1.29 is 4.79 Å². The molecule has 0 unspecified atom stereocenters. The molecule has 0 spiro atoms. The van der Waals surface area contributed by atoms with Crippen molar-refractivity contribution in [2.24, 2.45) is 5.73 Å². The van der Waals surface area contributed by atoms with Crippen LogP contribution in [0.2, 0.25) is 0 Å². The Morgan fingerprint density at radius 2 is 2.18 bits per heavy atom. The summed E-state index contributed by atoms with van der Waals surface area (Å²) in [6.45, 7) is 0. The monoisotopic (exact) mass is 183 g/mol. The molecule has 2 rings (SSSR count). The Hall–Kier alpha value is -0.870. The van der Waals surface area contributed by atoms with E-state index < -0.39 is 0 Å². The van der Waals surface area contributed by atoms with Crippen LogP contribution in [-0.4, -0.2) is 5.91 Å². The fraction of sp³-hybridized carbons (Fsp3) is 0. The molecule has 0 aliphatic rings. The van der Waals surface area contributed by atoms with E-state index in [1.807, 2.05) is 10.8 Å². The highest BCUT2D eigenvalue weighted by Crippen LogP contribution is 2.28. The van der Waals surface area contributed by atoms with Gasteiger partial charge in [-0.3, -0.25) is 4.79 Å². The van der Waals surface area contributed by atoms with Crippen molar-refractivity contribution >= 4 is 38.7 Å². The molecular formula is C7H5NOS2. The normalized spacial score (nSPS) is 10.5. The number of fused-ring (bicyclic) bond motifs is 1. The second-order valence-electron chi connectivity index (χ2n) is 2.16. The van der Waals surface area contributed by atoms with Crippen molar-refractivity contribution in [3.63, 3.8) is 0 Å². The van der Waals surface area contributed by atoms with Crippen LogP contribution < -0.4 is 5.73 Å². The quantitative estimate of drug-likeness (QED) is 0.722. The molecule has 2 nitrogen and oxygen atoms in total. The van der Waals surface area contributed by atoms with E-state index in [0.29, 0.717) is 5.56 Å². The molecule has 11 heavy (non-hydrogen) atoms. The molecule has 2 heterocycles. The number of thiophene rings is 2. The molecule has 2 N–H and O–H groups in total. The average molecular weight is 183 g/mol. The minimum Gasteiger partial charge on any atom is -0.366 e. The van der Waals surface area contributed by atoms with Gasteiger partial charge in [-0.15, -0.1) is 11.3 Å². The van der Waals surface area contributed by atoms with Crippen molar-refractivity contribution in [2.75, 3.05) is 0 Å². The summed E-state index contributed by atoms with van der Waals surface area (Å²) in [6, 6.07) is 0. The van der Waals surface area contributed by atoms with Crippen LogP contribution in [0.1, 0.15) is 10.4 Å². The Kier molecular flexibility index (Phi) is 1.44. The first-order chi connectivity index (χ1) is 5.29. The summed E-state index contributed by atoms with van der Waals surface area (Å²) < 4.78 is 1.14. The van der Waals surface area contributed by atoms with E-state index in [-0.39, 0.29) is 5.91 Å². The molecule has 2 aromatic heterocycles. The second kappa shape index (κ2) is 2.32. The summed E-state index contributed by atoms with van der Waals surface area (Å²) in [6.07, 6.45) is 0. The lowest BCUT2D eigenvalue weighted by Gasteiger charge is -1.85. The first-order valence-electron chi connectivity index (χ1n) is 3.02. The molecule has 0 atom stereocenters. The van der Waals surface area contributed by atoms with Crippen LogP contribution in [0, 0.1) is 0 Å². The predicted octanol–water partition coefficient (Wildman–Crippen LogP) is 2.06. The largest absolute Gasteiger partial charge is 0.366 e. The highest BCUT2D eigenvalue weighted by Gasteiger charge is 2.08. The van der Waals surface area contributed by atoms with Crippen LogP contribution in [0.15, 0.2) is 16.1 Å². The summed E-state index contributed by atoms with van der Waals surface area (Å²) in [7, 11) is 0. The summed E-state index contributed by atoms with van der Waals surface area (Å²) >= 11 is 3.15. The first-order valence-corrected chi connectivity index (χ1v) is 4.84. The summed E-state index contributed by atoms with van der Waals surface area (Å²) in [4.78, 5) is 10.8. The van der Waals surface area contributed by atoms with Gasteiger partial charge in [0.2, 0.25) is 5.91 Å². The van der Waals surface area contributed by atoms with Gasteiger partial charge in [0.1, 0.15) is 0 Å². The van der Waals surface area contributed by atoms with E-state index in [2.05, 4.69) is 0 Å². The maximum atomic E-state index is 10.8. The summed E-state index contributed by atoms with van der Waals surface area (Å²) in [5.74, 6) is -0.338. The van der Waals surface area contributed by atoms with Gasteiger partial charge < -0.3 is 5.73 Å². The molecule has 0 saturated carbocycles. The minimum absolute atomic E-state index is 0.338. The van der Waals surface area contributed by atoms with Crippen LogP contribution in [-0.2, 0) is 0 Å². The molecule has 56 valence electrons. The third-order valence-electron chi connectivity index (χ3n) is 1.49. The molecular weight excluding hydrogens is 178 g/mol. The number of hydrogen-bond donors (Lipinski definition) is 1. The van der Waals surface area contributed by atoms with Crippen LogP contribution in [0.3, 0.4) is 0 Å². The van der Waals surface area contributed by atoms with Crippen molar-refractivity contribution in [1.29, 1.82) is 0 Å². The second-order valence-corrected chi connectivity index (χ2v) is 3.82. The topological polar surface area (TPSA) is 43.1 Å². The smallest absolute Gasteiger partial charge is 0.250 e. The van der Waals surface area contributed by atoms with Gasteiger partial charge in [-0.1, -0.05) is 0 Å². The number of primary amides is 1. The van der Waals surface area contributed by atoms with Crippen molar-refractivity contribution in [3.05, 3.63) is 21.7 Å². The molecule has 0 aliphatic carbocycles. The molecule has 1 amide bonds. The molecule has 0 saturated heterocycles. The number of carbonyl (C=O) groups excluding carboxylic acids is 1. The van der Waals surface area contributed by atoms with Crippen molar-refractivity contribution in [3.8, 4) is 0 Å². The van der Waals surface area contributed by atoms with E-state index in [9.17, 15) is 4.79 Å². The Balaban J connectivity index is 2.78. The summed E-state index contributed by atoms with van der Waals surface area (Å²) in [5.41, 5.74) is 5.80. The minimum atomic E-state index is -0.338. The molecule has 2 aromatic rings. The lowest BCUT2D eigenvalue weighted by Crippen LogP contribution is -2.09. The number of hydrogen-bond acceptors (Lipinski definition) is 3. The van der Waals surface area contributed by atoms with Crippen LogP contribution in [0.25, 0.3) is 10.1 Å². The van der Waals surface area contributed by atoms with Gasteiger partial charge in [0.05, 0.1) is 5.56 Å². The Morgan fingerprint density at radius 1 is 1.36 bits per heavy atom. The van der Waals surface area contributed by atoms with E-state index in [1.54, 1.807) is 28.1 Å². The molecule has 0 bridgehead atoms. The van der Waals surface area contributed by atoms with Gasteiger partial charge in [-0.05, 0) is 0 Å². The van der Waals surface area contributed by atoms with Gasteiger partial charge >= 0.3 is 0 Å². The Morgan fingerprint density at radius 3 is 2.91 bits per heavy atom. The maximum Gasteiger partial charge on any atom is 0.250 e. The number of amides is 1. The lowest BCUT2D eigenvalue weighted by atomic mass is 10.2. The highest BCUT2D eigenvalue weighted by atomic mass is 32.1. The summed E-state index contributed by atoms with van der Waals surface area (Å²) in [5, 5.41) is 6.77. The average Bonchev–Trinajstić information content (AvgIpc) is 2.41. The Labute approximate surface area is 71.3 Å². The van der Waals surface area contributed by atoms with Gasteiger partial charge in [0, 0.05) is 26.2 Å². The van der Waals surface area contributed by atoms with Crippen molar-refractivity contribution in [2.45, 2.75) is 0 Å². The van der Waals surface area contributed by atoms with Gasteiger partial charge in [-0.25, -0.2) is 0 Å². The maximum absolute atomic E-state index is 10.8. The van der Waals surface area contributed by atoms with Crippen LogP contribution in [0.4, 0.5) is 0 Å². The molecule has 4 heteroatoms. The lowest BCUT2D eigenvalue weighted by molar-refractivity contribution is 0.100. The molecule has 0 aromatic carbocycles.